The lowest BCUT2D eigenvalue weighted by atomic mass is 10.0. The van der Waals surface area contributed by atoms with Crippen molar-refractivity contribution >= 4 is 5.69 Å². The number of anilines is 1. The van der Waals surface area contributed by atoms with Crippen LogP contribution in [0.1, 0.15) is 38.8 Å². The Morgan fingerprint density at radius 3 is 2.70 bits per heavy atom. The topological polar surface area (TPSA) is 24.5 Å². The molecule has 0 heterocycles. The van der Waals surface area contributed by atoms with Gasteiger partial charge in [-0.05, 0) is 38.9 Å². The minimum absolute atomic E-state index is 0.230. The molecule has 1 atom stereocenters. The lowest BCUT2D eigenvalue weighted by molar-refractivity contribution is 0.401. The van der Waals surface area contributed by atoms with E-state index in [4.69, 9.17) is 11.2 Å². The molecule has 0 aliphatic heterocycles. The van der Waals surface area contributed by atoms with Crippen molar-refractivity contribution in [3.8, 4) is 18.1 Å². The third-order valence-electron chi connectivity index (χ3n) is 3.40. The average molecular weight is 274 g/mol. The fraction of sp³-hybridized carbons (Fsp3) is 0.529. The van der Waals surface area contributed by atoms with Crippen LogP contribution in [0, 0.1) is 12.3 Å². The molecular weight excluding hydrogens is 248 g/mol. The summed E-state index contributed by atoms with van der Waals surface area (Å²) < 4.78 is 5.54. The highest BCUT2D eigenvalue weighted by Crippen LogP contribution is 2.34. The smallest absolute Gasteiger partial charge is 0.125 e. The number of benzene rings is 1. The normalized spacial score (nSPS) is 11.8. The molecular formula is C17H26N2O. The summed E-state index contributed by atoms with van der Waals surface area (Å²) in [4.78, 5) is 2.20. The standard InChI is InChI=1S/C17H26N2O/c1-6-12-18-14(4)17-15(19(8-3)13-7-2)10-9-11-16(17)20-5/h2,9-11,14,18H,6,8,12-13H2,1,3-5H3. The Balaban J connectivity index is 3.19. The van der Waals surface area contributed by atoms with Gasteiger partial charge in [-0.2, -0.15) is 0 Å². The molecule has 0 fully saturated rings. The van der Waals surface area contributed by atoms with Crippen LogP contribution in [-0.4, -0.2) is 26.7 Å². The molecule has 1 unspecified atom stereocenters. The zero-order valence-electron chi connectivity index (χ0n) is 13.1. The number of hydrogen-bond donors (Lipinski definition) is 1. The monoisotopic (exact) mass is 274 g/mol. The van der Waals surface area contributed by atoms with E-state index in [9.17, 15) is 0 Å². The molecule has 110 valence electrons. The predicted molar refractivity (Wildman–Crippen MR) is 86.4 cm³/mol. The molecule has 1 rings (SSSR count). The molecule has 0 aliphatic carbocycles. The van der Waals surface area contributed by atoms with Crippen molar-refractivity contribution in [1.29, 1.82) is 0 Å². The van der Waals surface area contributed by atoms with Gasteiger partial charge < -0.3 is 15.0 Å². The summed E-state index contributed by atoms with van der Waals surface area (Å²) in [6.45, 7) is 8.92. The Hall–Kier alpha value is -1.66. The Labute approximate surface area is 123 Å². The van der Waals surface area contributed by atoms with Crippen molar-refractivity contribution in [2.24, 2.45) is 0 Å². The minimum Gasteiger partial charge on any atom is -0.496 e. The van der Waals surface area contributed by atoms with Crippen LogP contribution in [-0.2, 0) is 0 Å². The molecule has 0 saturated heterocycles. The largest absolute Gasteiger partial charge is 0.496 e. The Kier molecular flexibility index (Phi) is 6.97. The molecule has 3 heteroatoms. The number of rotatable bonds is 8. The van der Waals surface area contributed by atoms with Crippen molar-refractivity contribution in [3.63, 3.8) is 0 Å². The van der Waals surface area contributed by atoms with Gasteiger partial charge in [0.15, 0.2) is 0 Å². The van der Waals surface area contributed by atoms with Gasteiger partial charge in [-0.3, -0.25) is 0 Å². The predicted octanol–water partition coefficient (Wildman–Crippen LogP) is 3.22. The van der Waals surface area contributed by atoms with Crippen molar-refractivity contribution in [2.75, 3.05) is 31.6 Å². The lowest BCUT2D eigenvalue weighted by Crippen LogP contribution is -2.27. The van der Waals surface area contributed by atoms with Crippen LogP contribution in [0.5, 0.6) is 5.75 Å². The Bertz CT molecular complexity index is 451. The van der Waals surface area contributed by atoms with Gasteiger partial charge in [0.2, 0.25) is 0 Å². The molecule has 0 bridgehead atoms. The highest BCUT2D eigenvalue weighted by Gasteiger charge is 2.18. The molecule has 0 aliphatic rings. The first-order chi connectivity index (χ1) is 9.69. The summed E-state index contributed by atoms with van der Waals surface area (Å²) in [5.41, 5.74) is 2.33. The van der Waals surface area contributed by atoms with Crippen LogP contribution in [0.25, 0.3) is 0 Å². The van der Waals surface area contributed by atoms with E-state index in [1.807, 2.05) is 12.1 Å². The summed E-state index contributed by atoms with van der Waals surface area (Å²) in [5.74, 6) is 3.64. The number of terminal acetylenes is 1. The SMILES string of the molecule is C#CCN(CC)c1cccc(OC)c1C(C)NCCC. The van der Waals surface area contributed by atoms with Crippen LogP contribution >= 0.6 is 0 Å². The summed E-state index contributed by atoms with van der Waals surface area (Å²) in [5, 5.41) is 3.53. The second kappa shape index (κ2) is 8.50. The molecule has 1 N–H and O–H groups in total. The minimum atomic E-state index is 0.230. The van der Waals surface area contributed by atoms with Crippen molar-refractivity contribution in [2.45, 2.75) is 33.2 Å². The van der Waals surface area contributed by atoms with E-state index in [1.54, 1.807) is 7.11 Å². The van der Waals surface area contributed by atoms with Gasteiger partial charge in [0, 0.05) is 23.8 Å². The molecule has 0 amide bonds. The van der Waals surface area contributed by atoms with E-state index in [0.29, 0.717) is 6.54 Å². The fourth-order valence-electron chi connectivity index (χ4n) is 2.36. The number of nitrogens with zero attached hydrogens (tertiary/aromatic N) is 1. The van der Waals surface area contributed by atoms with Crippen LogP contribution < -0.4 is 15.0 Å². The molecule has 0 spiro atoms. The Morgan fingerprint density at radius 2 is 2.15 bits per heavy atom. The third-order valence-corrected chi connectivity index (χ3v) is 3.40. The number of ether oxygens (including phenoxy) is 1. The zero-order valence-corrected chi connectivity index (χ0v) is 13.1. The highest BCUT2D eigenvalue weighted by atomic mass is 16.5. The molecule has 0 saturated carbocycles. The van der Waals surface area contributed by atoms with Gasteiger partial charge in [0.1, 0.15) is 5.75 Å². The maximum Gasteiger partial charge on any atom is 0.125 e. The van der Waals surface area contributed by atoms with Gasteiger partial charge >= 0.3 is 0 Å². The Morgan fingerprint density at radius 1 is 1.40 bits per heavy atom. The first kappa shape index (κ1) is 16.4. The average Bonchev–Trinajstić information content (AvgIpc) is 2.49. The maximum absolute atomic E-state index is 5.54. The van der Waals surface area contributed by atoms with Crippen LogP contribution in [0.15, 0.2) is 18.2 Å². The molecule has 1 aromatic rings. The van der Waals surface area contributed by atoms with Gasteiger partial charge in [0.05, 0.1) is 13.7 Å². The van der Waals surface area contributed by atoms with E-state index in [-0.39, 0.29) is 6.04 Å². The van der Waals surface area contributed by atoms with Crippen LogP contribution in [0.4, 0.5) is 5.69 Å². The van der Waals surface area contributed by atoms with E-state index < -0.39 is 0 Å². The van der Waals surface area contributed by atoms with Gasteiger partial charge in [-0.15, -0.1) is 6.42 Å². The molecule has 0 radical (unpaired) electrons. The summed E-state index contributed by atoms with van der Waals surface area (Å²) in [6.07, 6.45) is 6.59. The van der Waals surface area contributed by atoms with Crippen molar-refractivity contribution in [1.82, 2.24) is 5.32 Å². The van der Waals surface area contributed by atoms with E-state index in [2.05, 4.69) is 43.0 Å². The lowest BCUT2D eigenvalue weighted by Gasteiger charge is -2.28. The molecule has 0 aromatic heterocycles. The second-order valence-electron chi connectivity index (χ2n) is 4.79. The fourth-order valence-corrected chi connectivity index (χ4v) is 2.36. The van der Waals surface area contributed by atoms with Crippen LogP contribution in [0.3, 0.4) is 0 Å². The van der Waals surface area contributed by atoms with Gasteiger partial charge in [-0.1, -0.05) is 18.9 Å². The number of nitrogens with one attached hydrogen (secondary N) is 1. The first-order valence-corrected chi connectivity index (χ1v) is 7.28. The van der Waals surface area contributed by atoms with E-state index in [1.165, 1.54) is 5.56 Å². The van der Waals surface area contributed by atoms with Gasteiger partial charge in [-0.25, -0.2) is 0 Å². The van der Waals surface area contributed by atoms with Crippen molar-refractivity contribution in [3.05, 3.63) is 23.8 Å². The molecule has 20 heavy (non-hydrogen) atoms. The van der Waals surface area contributed by atoms with Crippen molar-refractivity contribution < 1.29 is 4.74 Å². The third kappa shape index (κ3) is 3.91. The zero-order chi connectivity index (χ0) is 15.0. The second-order valence-corrected chi connectivity index (χ2v) is 4.79. The maximum atomic E-state index is 5.54. The quantitative estimate of drug-likeness (QED) is 0.737. The van der Waals surface area contributed by atoms with E-state index in [0.717, 1.165) is 30.9 Å². The summed E-state index contributed by atoms with van der Waals surface area (Å²) in [6, 6.07) is 6.37. The van der Waals surface area contributed by atoms with Gasteiger partial charge in [0.25, 0.3) is 0 Å². The van der Waals surface area contributed by atoms with E-state index >= 15 is 0 Å². The summed E-state index contributed by atoms with van der Waals surface area (Å²) >= 11 is 0. The number of methoxy groups -OCH3 is 1. The summed E-state index contributed by atoms with van der Waals surface area (Å²) in [7, 11) is 1.71. The highest BCUT2D eigenvalue weighted by molar-refractivity contribution is 5.61. The molecule has 1 aromatic carbocycles. The van der Waals surface area contributed by atoms with Crippen LogP contribution in [0.2, 0.25) is 0 Å². The molecule has 3 nitrogen and oxygen atoms in total. The number of hydrogen-bond acceptors (Lipinski definition) is 3. The first-order valence-electron chi connectivity index (χ1n) is 7.28.